The molecule has 0 saturated heterocycles. The maximum absolute atomic E-state index is 13.5. The van der Waals surface area contributed by atoms with Crippen molar-refractivity contribution in [3.05, 3.63) is 83.3 Å². The van der Waals surface area contributed by atoms with Crippen molar-refractivity contribution in [2.45, 2.75) is 19.3 Å². The van der Waals surface area contributed by atoms with Crippen molar-refractivity contribution in [2.75, 3.05) is 6.54 Å². The average molecular weight is 337 g/mol. The van der Waals surface area contributed by atoms with E-state index in [1.54, 1.807) is 30.3 Å². The van der Waals surface area contributed by atoms with Crippen molar-refractivity contribution in [3.63, 3.8) is 0 Å². The molecule has 1 amide bonds. The maximum Gasteiger partial charge on any atom is 0.251 e. The Morgan fingerprint density at radius 2 is 1.92 bits per heavy atom. The van der Waals surface area contributed by atoms with Gasteiger partial charge in [0.25, 0.3) is 5.91 Å². The number of carbonyl (C=O) groups excluding carboxylic acids is 1. The molecule has 1 heterocycles. The zero-order valence-corrected chi connectivity index (χ0v) is 13.9. The summed E-state index contributed by atoms with van der Waals surface area (Å²) in [6.45, 7) is 4.23. The Hall–Kier alpha value is -2.95. The molecule has 3 rings (SSSR count). The predicted molar refractivity (Wildman–Crippen MR) is 96.9 cm³/mol. The summed E-state index contributed by atoms with van der Waals surface area (Å²) in [6.07, 6.45) is 2.15. The summed E-state index contributed by atoms with van der Waals surface area (Å²) in [4.78, 5) is 12.2. The van der Waals surface area contributed by atoms with Gasteiger partial charge in [-0.05, 0) is 48.6 Å². The van der Waals surface area contributed by atoms with E-state index in [2.05, 4.69) is 22.4 Å². The van der Waals surface area contributed by atoms with Crippen LogP contribution in [0.4, 0.5) is 4.39 Å². The molecule has 2 N–H and O–H groups in total. The van der Waals surface area contributed by atoms with E-state index in [9.17, 15) is 9.18 Å². The molecular formula is C20H20FN3O. The van der Waals surface area contributed by atoms with Crippen LogP contribution in [0.15, 0.2) is 65.9 Å². The molecular weight excluding hydrogens is 317 g/mol. The van der Waals surface area contributed by atoms with Crippen LogP contribution in [0.2, 0.25) is 0 Å². The Kier molecular flexibility index (Phi) is 5.23. The van der Waals surface area contributed by atoms with Gasteiger partial charge in [-0.25, -0.2) is 4.39 Å². The first-order chi connectivity index (χ1) is 12.1. The minimum Gasteiger partial charge on any atom is -0.352 e. The molecule has 0 atom stereocenters. The number of allylic oxidation sites excluding steroid dienone is 1. The van der Waals surface area contributed by atoms with E-state index in [1.807, 2.05) is 12.1 Å². The number of hydrogen-bond acceptors (Lipinski definition) is 3. The molecule has 1 aliphatic heterocycles. The van der Waals surface area contributed by atoms with Gasteiger partial charge in [-0.1, -0.05) is 36.9 Å². The lowest BCUT2D eigenvalue weighted by Crippen LogP contribution is -2.26. The fourth-order valence-corrected chi connectivity index (χ4v) is 2.66. The highest BCUT2D eigenvalue weighted by Crippen LogP contribution is 2.14. The number of halogens is 1. The molecule has 2 aromatic rings. The summed E-state index contributed by atoms with van der Waals surface area (Å²) in [5.41, 5.74) is 6.93. The lowest BCUT2D eigenvalue weighted by Gasteiger charge is -2.15. The summed E-state index contributed by atoms with van der Waals surface area (Å²) in [5, 5.41) is 7.10. The van der Waals surface area contributed by atoms with E-state index >= 15 is 0 Å². The Labute approximate surface area is 146 Å². The molecule has 1 aliphatic rings. The fraction of sp³-hybridized carbons (Fsp3) is 0.200. The monoisotopic (exact) mass is 337 g/mol. The summed E-state index contributed by atoms with van der Waals surface area (Å²) in [5.74, 6) is -0.411. The molecule has 0 spiro atoms. The third kappa shape index (κ3) is 4.32. The molecule has 0 unspecified atom stereocenters. The van der Waals surface area contributed by atoms with Crippen LogP contribution in [-0.4, -0.2) is 18.2 Å². The molecule has 4 nitrogen and oxygen atoms in total. The molecule has 0 saturated carbocycles. The van der Waals surface area contributed by atoms with Gasteiger partial charge in [-0.3, -0.25) is 10.2 Å². The van der Waals surface area contributed by atoms with Crippen molar-refractivity contribution in [1.82, 2.24) is 10.7 Å². The van der Waals surface area contributed by atoms with Crippen LogP contribution in [0.25, 0.3) is 0 Å². The summed E-state index contributed by atoms with van der Waals surface area (Å²) in [7, 11) is 0. The molecule has 2 aromatic carbocycles. The highest BCUT2D eigenvalue weighted by Gasteiger charge is 2.11. The minimum atomic E-state index is -0.245. The number of amides is 1. The molecule has 0 fully saturated rings. The number of nitrogens with one attached hydrogen (secondary N) is 2. The number of hydrogen-bond donors (Lipinski definition) is 2. The molecule has 0 bridgehead atoms. The fourth-order valence-electron chi connectivity index (χ4n) is 2.66. The number of rotatable bonds is 5. The third-order valence-corrected chi connectivity index (χ3v) is 4.13. The van der Waals surface area contributed by atoms with Crippen LogP contribution in [0, 0.1) is 5.82 Å². The van der Waals surface area contributed by atoms with E-state index in [4.69, 9.17) is 0 Å². The smallest absolute Gasteiger partial charge is 0.251 e. The normalized spacial score (nSPS) is 13.8. The van der Waals surface area contributed by atoms with Gasteiger partial charge in [0.1, 0.15) is 5.82 Å². The number of carbonyl (C=O) groups is 1. The second-order valence-electron chi connectivity index (χ2n) is 5.95. The standard InChI is InChI=1S/C20H20FN3O/c1-14-6-11-19(24-23-14)16-7-9-17(10-8-16)20(25)22-13-12-15-4-2-3-5-18(15)21/h2-5,7-10,23H,1,6,11-13H2,(H,22,25). The second-order valence-corrected chi connectivity index (χ2v) is 5.95. The number of nitrogens with zero attached hydrogens (tertiary/aromatic N) is 1. The largest absolute Gasteiger partial charge is 0.352 e. The quantitative estimate of drug-likeness (QED) is 0.879. The number of benzene rings is 2. The van der Waals surface area contributed by atoms with Crippen molar-refractivity contribution in [1.29, 1.82) is 0 Å². The first-order valence-electron chi connectivity index (χ1n) is 8.26. The Morgan fingerprint density at radius 3 is 2.60 bits per heavy atom. The van der Waals surface area contributed by atoms with Gasteiger partial charge in [0.15, 0.2) is 0 Å². The zero-order chi connectivity index (χ0) is 17.6. The van der Waals surface area contributed by atoms with Crippen LogP contribution < -0.4 is 10.7 Å². The van der Waals surface area contributed by atoms with Crippen LogP contribution in [0.3, 0.4) is 0 Å². The lowest BCUT2D eigenvalue weighted by molar-refractivity contribution is 0.0954. The SMILES string of the molecule is C=C1CCC(c2ccc(C(=O)NCCc3ccccc3F)cc2)=NN1. The van der Waals surface area contributed by atoms with Crippen molar-refractivity contribution < 1.29 is 9.18 Å². The highest BCUT2D eigenvalue weighted by atomic mass is 19.1. The summed E-state index contributed by atoms with van der Waals surface area (Å²) >= 11 is 0. The molecule has 5 heteroatoms. The van der Waals surface area contributed by atoms with Gasteiger partial charge in [-0.2, -0.15) is 5.10 Å². The van der Waals surface area contributed by atoms with Crippen LogP contribution in [-0.2, 0) is 6.42 Å². The number of hydrazone groups is 1. The van der Waals surface area contributed by atoms with Gasteiger partial charge in [0, 0.05) is 17.8 Å². The van der Waals surface area contributed by atoms with Crippen molar-refractivity contribution in [2.24, 2.45) is 5.10 Å². The van der Waals surface area contributed by atoms with Crippen molar-refractivity contribution >= 4 is 11.6 Å². The van der Waals surface area contributed by atoms with Gasteiger partial charge >= 0.3 is 0 Å². The van der Waals surface area contributed by atoms with E-state index in [0.717, 1.165) is 29.8 Å². The van der Waals surface area contributed by atoms with E-state index in [1.165, 1.54) is 6.07 Å². The van der Waals surface area contributed by atoms with Gasteiger partial charge in [0.2, 0.25) is 0 Å². The summed E-state index contributed by atoms with van der Waals surface area (Å²) < 4.78 is 13.5. The van der Waals surface area contributed by atoms with E-state index in [-0.39, 0.29) is 11.7 Å². The maximum atomic E-state index is 13.5. The van der Waals surface area contributed by atoms with Crippen LogP contribution in [0.1, 0.15) is 34.3 Å². The molecule has 0 aliphatic carbocycles. The van der Waals surface area contributed by atoms with E-state index in [0.29, 0.717) is 24.1 Å². The van der Waals surface area contributed by atoms with Gasteiger partial charge in [-0.15, -0.1) is 0 Å². The molecule has 25 heavy (non-hydrogen) atoms. The van der Waals surface area contributed by atoms with Crippen molar-refractivity contribution in [3.8, 4) is 0 Å². The van der Waals surface area contributed by atoms with Gasteiger partial charge in [0.05, 0.1) is 5.71 Å². The van der Waals surface area contributed by atoms with Gasteiger partial charge < -0.3 is 5.32 Å². The molecule has 0 aromatic heterocycles. The second kappa shape index (κ2) is 7.75. The van der Waals surface area contributed by atoms with Crippen LogP contribution in [0.5, 0.6) is 0 Å². The third-order valence-electron chi connectivity index (χ3n) is 4.13. The first kappa shape index (κ1) is 16.9. The van der Waals surface area contributed by atoms with E-state index < -0.39 is 0 Å². The first-order valence-corrected chi connectivity index (χ1v) is 8.26. The zero-order valence-electron chi connectivity index (χ0n) is 13.9. The van der Waals surface area contributed by atoms with Crippen LogP contribution >= 0.6 is 0 Å². The predicted octanol–water partition coefficient (Wildman–Crippen LogP) is 3.40. The Bertz CT molecular complexity index is 812. The summed E-state index contributed by atoms with van der Waals surface area (Å²) in [6, 6.07) is 13.9. The average Bonchev–Trinajstić information content (AvgIpc) is 2.64. The lowest BCUT2D eigenvalue weighted by atomic mass is 10.0. The Morgan fingerprint density at radius 1 is 1.16 bits per heavy atom. The molecule has 0 radical (unpaired) electrons. The Balaban J connectivity index is 1.56. The highest BCUT2D eigenvalue weighted by molar-refractivity contribution is 6.02. The molecule has 128 valence electrons. The minimum absolute atomic E-state index is 0.167. The topological polar surface area (TPSA) is 53.5 Å².